The average Bonchev–Trinajstić information content (AvgIpc) is 3.09. The highest BCUT2D eigenvalue weighted by molar-refractivity contribution is 5.93. The van der Waals surface area contributed by atoms with Gasteiger partial charge >= 0.3 is 0 Å². The van der Waals surface area contributed by atoms with Crippen LogP contribution < -0.4 is 37.9 Å². The van der Waals surface area contributed by atoms with Gasteiger partial charge in [-0.15, -0.1) is 0 Å². The summed E-state index contributed by atoms with van der Waals surface area (Å²) in [6, 6.07) is 17.3. The first-order chi connectivity index (χ1) is 22.7. The van der Waals surface area contributed by atoms with Crippen LogP contribution in [0.1, 0.15) is 51.2 Å². The summed E-state index contributed by atoms with van der Waals surface area (Å²) >= 11 is 0. The first kappa shape index (κ1) is 31.9. The minimum atomic E-state index is -0.855. The molecule has 0 saturated carbocycles. The van der Waals surface area contributed by atoms with Crippen molar-refractivity contribution in [3.05, 3.63) is 93.5 Å². The van der Waals surface area contributed by atoms with Gasteiger partial charge in [-0.25, -0.2) is 0 Å². The third kappa shape index (κ3) is 5.65. The molecule has 9 heteroatoms. The number of fused-ring (bicyclic) bond motifs is 2. The molecule has 0 spiro atoms. The fourth-order valence-electron chi connectivity index (χ4n) is 6.53. The molecule has 4 aromatic rings. The Morgan fingerprint density at radius 3 is 1.85 bits per heavy atom. The Labute approximate surface area is 275 Å². The maximum atomic E-state index is 11.5. The van der Waals surface area contributed by atoms with Crippen LogP contribution in [0.2, 0.25) is 0 Å². The van der Waals surface area contributed by atoms with Gasteiger partial charge in [0.05, 0.1) is 54.3 Å². The number of hydrogen-bond acceptors (Lipinski definition) is 9. The van der Waals surface area contributed by atoms with Crippen molar-refractivity contribution in [2.75, 3.05) is 42.7 Å². The molecule has 2 heterocycles. The standard InChI is InChI=1S/C38H40O9/c1-20-13-30(42-5)24-18-26(36(46-32(24)14-20)22-9-11-28(40-3)33(16-22)44-7)35-21(2)15-31(43-6)25-19-27(39)37(47-38(25)35)23-10-12-29(41-4)34(17-23)45-8/h9-18,27,36-37,39H,19H2,1-8H3/t27-,36+,37+/m0/s1. The summed E-state index contributed by atoms with van der Waals surface area (Å²) in [5.41, 5.74) is 6.81. The molecule has 2 aliphatic heterocycles. The lowest BCUT2D eigenvalue weighted by molar-refractivity contribution is 0.0195. The number of aryl methyl sites for hydroxylation is 2. The van der Waals surface area contributed by atoms with Crippen molar-refractivity contribution in [2.24, 2.45) is 0 Å². The molecule has 0 fully saturated rings. The molecule has 0 aromatic heterocycles. The normalized spacial score (nSPS) is 18.1. The van der Waals surface area contributed by atoms with Crippen molar-refractivity contribution in [1.82, 2.24) is 0 Å². The predicted molar refractivity (Wildman–Crippen MR) is 179 cm³/mol. The van der Waals surface area contributed by atoms with Gasteiger partial charge in [0.15, 0.2) is 23.0 Å². The zero-order valence-corrected chi connectivity index (χ0v) is 27.9. The van der Waals surface area contributed by atoms with Crippen molar-refractivity contribution >= 4 is 11.6 Å². The van der Waals surface area contributed by atoms with Crippen molar-refractivity contribution in [3.63, 3.8) is 0 Å². The molecule has 3 atom stereocenters. The van der Waals surface area contributed by atoms with Gasteiger partial charge < -0.3 is 43.0 Å². The second kappa shape index (κ2) is 13.0. The van der Waals surface area contributed by atoms with Crippen molar-refractivity contribution in [2.45, 2.75) is 38.6 Å². The highest BCUT2D eigenvalue weighted by Gasteiger charge is 2.38. The minimum Gasteiger partial charge on any atom is -0.496 e. The van der Waals surface area contributed by atoms with E-state index in [0.717, 1.165) is 44.5 Å². The Balaban J connectivity index is 1.58. The molecule has 2 aliphatic rings. The monoisotopic (exact) mass is 640 g/mol. The molecular weight excluding hydrogens is 600 g/mol. The topological polar surface area (TPSA) is 94.1 Å². The molecule has 0 saturated heterocycles. The summed E-state index contributed by atoms with van der Waals surface area (Å²) in [7, 11) is 9.67. The number of rotatable bonds is 9. The number of ether oxygens (including phenoxy) is 8. The van der Waals surface area contributed by atoms with Gasteiger partial charge in [-0.3, -0.25) is 0 Å². The van der Waals surface area contributed by atoms with Gasteiger partial charge in [-0.1, -0.05) is 12.1 Å². The highest BCUT2D eigenvalue weighted by atomic mass is 16.5. The van der Waals surface area contributed by atoms with Gasteiger partial charge in [-0.05, 0) is 79.1 Å². The highest BCUT2D eigenvalue weighted by Crippen LogP contribution is 2.53. The molecule has 6 rings (SSSR count). The van der Waals surface area contributed by atoms with E-state index in [0.29, 0.717) is 52.4 Å². The smallest absolute Gasteiger partial charge is 0.161 e. The molecular formula is C38H40O9. The lowest BCUT2D eigenvalue weighted by Crippen LogP contribution is -2.31. The van der Waals surface area contributed by atoms with Gasteiger partial charge in [0.2, 0.25) is 0 Å². The van der Waals surface area contributed by atoms with Crippen LogP contribution in [0.4, 0.5) is 0 Å². The predicted octanol–water partition coefficient (Wildman–Crippen LogP) is 7.07. The van der Waals surface area contributed by atoms with Crippen LogP contribution in [-0.2, 0) is 6.42 Å². The fraction of sp³-hybridized carbons (Fsp3) is 0.316. The molecule has 0 radical (unpaired) electrons. The van der Waals surface area contributed by atoms with E-state index in [1.165, 1.54) is 0 Å². The van der Waals surface area contributed by atoms with Gasteiger partial charge in [-0.2, -0.15) is 0 Å². The first-order valence-corrected chi connectivity index (χ1v) is 15.3. The van der Waals surface area contributed by atoms with Gasteiger partial charge in [0, 0.05) is 28.7 Å². The lowest BCUT2D eigenvalue weighted by atomic mass is 9.84. The van der Waals surface area contributed by atoms with E-state index < -0.39 is 18.3 Å². The van der Waals surface area contributed by atoms with Gasteiger partial charge in [0.1, 0.15) is 35.2 Å². The molecule has 4 aromatic carbocycles. The number of aliphatic hydroxyl groups excluding tert-OH is 1. The van der Waals surface area contributed by atoms with E-state index in [2.05, 4.69) is 6.08 Å². The zero-order chi connectivity index (χ0) is 33.4. The second-order valence-corrected chi connectivity index (χ2v) is 11.6. The first-order valence-electron chi connectivity index (χ1n) is 15.3. The number of aliphatic hydroxyl groups is 1. The third-order valence-corrected chi connectivity index (χ3v) is 8.80. The SMILES string of the molecule is COc1ccc([C@H]2Oc3c(c(OC)cc(C)c3C3=Cc4c(OC)cc(C)cc4O[C@@H]3c3ccc(OC)c(OC)c3)C[C@@H]2O)cc1OC. The maximum Gasteiger partial charge on any atom is 0.161 e. The van der Waals surface area contributed by atoms with E-state index in [-0.39, 0.29) is 0 Å². The Morgan fingerprint density at radius 2 is 1.23 bits per heavy atom. The van der Waals surface area contributed by atoms with Crippen LogP contribution in [0.3, 0.4) is 0 Å². The van der Waals surface area contributed by atoms with E-state index in [4.69, 9.17) is 37.9 Å². The number of hydrogen-bond donors (Lipinski definition) is 1. The minimum absolute atomic E-state index is 0.305. The van der Waals surface area contributed by atoms with Crippen LogP contribution >= 0.6 is 0 Å². The molecule has 0 aliphatic carbocycles. The second-order valence-electron chi connectivity index (χ2n) is 11.6. The van der Waals surface area contributed by atoms with Crippen molar-refractivity contribution in [3.8, 4) is 46.0 Å². The van der Waals surface area contributed by atoms with Gasteiger partial charge in [0.25, 0.3) is 0 Å². The Bertz CT molecular complexity index is 1840. The molecule has 47 heavy (non-hydrogen) atoms. The fourth-order valence-corrected chi connectivity index (χ4v) is 6.53. The summed E-state index contributed by atoms with van der Waals surface area (Å²) < 4.78 is 47.6. The van der Waals surface area contributed by atoms with Crippen LogP contribution in [0.25, 0.3) is 11.6 Å². The Kier molecular flexibility index (Phi) is 8.84. The Morgan fingerprint density at radius 1 is 0.638 bits per heavy atom. The van der Waals surface area contributed by atoms with E-state index in [1.807, 2.05) is 68.4 Å². The van der Waals surface area contributed by atoms with Crippen LogP contribution in [0.15, 0.2) is 54.6 Å². The molecule has 0 bridgehead atoms. The summed E-state index contributed by atoms with van der Waals surface area (Å²) in [5, 5.41) is 11.5. The molecule has 9 nitrogen and oxygen atoms in total. The quantitative estimate of drug-likeness (QED) is 0.206. The molecule has 0 amide bonds. The van der Waals surface area contributed by atoms with E-state index in [1.54, 1.807) is 42.7 Å². The van der Waals surface area contributed by atoms with Crippen LogP contribution in [-0.4, -0.2) is 53.9 Å². The summed E-state index contributed by atoms with van der Waals surface area (Å²) in [6.07, 6.45) is 0.306. The maximum absolute atomic E-state index is 11.5. The van der Waals surface area contributed by atoms with Crippen molar-refractivity contribution < 1.29 is 43.0 Å². The number of methoxy groups -OCH3 is 6. The van der Waals surface area contributed by atoms with Crippen molar-refractivity contribution in [1.29, 1.82) is 0 Å². The molecule has 0 unspecified atom stereocenters. The zero-order valence-electron chi connectivity index (χ0n) is 27.9. The van der Waals surface area contributed by atoms with Crippen LogP contribution in [0.5, 0.6) is 46.0 Å². The van der Waals surface area contributed by atoms with E-state index >= 15 is 0 Å². The third-order valence-electron chi connectivity index (χ3n) is 8.80. The lowest BCUT2D eigenvalue weighted by Gasteiger charge is -2.36. The summed E-state index contributed by atoms with van der Waals surface area (Å²) in [5.74, 6) is 4.98. The molecule has 246 valence electrons. The Hall–Kier alpha value is -5.02. The number of benzene rings is 4. The summed E-state index contributed by atoms with van der Waals surface area (Å²) in [6.45, 7) is 4.03. The average molecular weight is 641 g/mol. The molecule has 1 N–H and O–H groups in total. The largest absolute Gasteiger partial charge is 0.496 e. The van der Waals surface area contributed by atoms with E-state index in [9.17, 15) is 5.11 Å². The summed E-state index contributed by atoms with van der Waals surface area (Å²) in [4.78, 5) is 0. The van der Waals surface area contributed by atoms with Crippen LogP contribution in [0, 0.1) is 13.8 Å².